The van der Waals surface area contributed by atoms with Crippen LogP contribution in [0, 0.1) is 0 Å². The van der Waals surface area contributed by atoms with Crippen LogP contribution in [0.3, 0.4) is 0 Å². The molecule has 0 radical (unpaired) electrons. The van der Waals surface area contributed by atoms with E-state index in [0.717, 1.165) is 18.2 Å². The van der Waals surface area contributed by atoms with Gasteiger partial charge in [-0.3, -0.25) is 13.9 Å². The quantitative estimate of drug-likeness (QED) is 0.510. The molecule has 0 aliphatic carbocycles. The van der Waals surface area contributed by atoms with E-state index in [0.29, 0.717) is 10.9 Å². The fraction of sp³-hybridized carbons (Fsp3) is 0. The van der Waals surface area contributed by atoms with Gasteiger partial charge in [-0.1, -0.05) is 12.1 Å². The normalized spacial score (nSPS) is 12.1. The van der Waals surface area contributed by atoms with E-state index in [-0.39, 0.29) is 11.4 Å². The number of H-pyrrole nitrogens is 1. The third-order valence-electron chi connectivity index (χ3n) is 3.17. The van der Waals surface area contributed by atoms with Crippen molar-refractivity contribution >= 4 is 31.7 Å². The molecule has 3 aromatic rings. The van der Waals surface area contributed by atoms with Gasteiger partial charge in [0.15, 0.2) is 0 Å². The first kappa shape index (κ1) is 18.8. The number of hydrogen-bond acceptors (Lipinski definition) is 8. The first-order valence-electron chi connectivity index (χ1n) is 6.98. The maximum Gasteiger partial charge on any atom is 0.446 e. The molecule has 13 heteroatoms. The number of rotatable bonds is 5. The molecular formula is C14H10N2O9S2. The van der Waals surface area contributed by atoms with Crippen LogP contribution in [0.15, 0.2) is 47.3 Å². The van der Waals surface area contributed by atoms with Crippen molar-refractivity contribution in [3.8, 4) is 22.9 Å². The number of hydrogen-bond donors (Lipinski definition) is 3. The summed E-state index contributed by atoms with van der Waals surface area (Å²) in [4.78, 5) is 18.8. The Kier molecular flexibility index (Phi) is 4.61. The zero-order chi connectivity index (χ0) is 19.8. The lowest BCUT2D eigenvalue weighted by Gasteiger charge is -2.09. The Morgan fingerprint density at radius 3 is 2.00 bits per heavy atom. The summed E-state index contributed by atoms with van der Waals surface area (Å²) < 4.78 is 69.9. The van der Waals surface area contributed by atoms with Crippen molar-refractivity contribution in [1.82, 2.24) is 9.97 Å². The third-order valence-corrected chi connectivity index (χ3v) is 3.98. The van der Waals surface area contributed by atoms with Crippen LogP contribution in [0.1, 0.15) is 0 Å². The number of nitrogens with one attached hydrogen (secondary N) is 1. The van der Waals surface area contributed by atoms with E-state index in [2.05, 4.69) is 18.3 Å². The van der Waals surface area contributed by atoms with Gasteiger partial charge < -0.3 is 13.4 Å². The van der Waals surface area contributed by atoms with E-state index in [1.165, 1.54) is 6.07 Å². The molecule has 0 saturated heterocycles. The summed E-state index contributed by atoms with van der Waals surface area (Å²) in [5.74, 6) is -1.17. The van der Waals surface area contributed by atoms with Crippen molar-refractivity contribution in [1.29, 1.82) is 0 Å². The summed E-state index contributed by atoms with van der Waals surface area (Å²) in [7, 11) is -9.88. The molecule has 11 nitrogen and oxygen atoms in total. The van der Waals surface area contributed by atoms with Crippen molar-refractivity contribution < 1.29 is 34.3 Å². The molecule has 3 N–H and O–H groups in total. The van der Waals surface area contributed by atoms with E-state index in [1.54, 1.807) is 18.2 Å². The van der Waals surface area contributed by atoms with Gasteiger partial charge in [-0.2, -0.15) is 16.8 Å². The number of benzene rings is 2. The van der Waals surface area contributed by atoms with Gasteiger partial charge in [0.2, 0.25) is 0 Å². The Hall–Kier alpha value is -3.00. The third kappa shape index (κ3) is 4.79. The van der Waals surface area contributed by atoms with Gasteiger partial charge in [-0.25, -0.2) is 4.98 Å². The highest BCUT2D eigenvalue weighted by Crippen LogP contribution is 2.29. The molecule has 0 aliphatic rings. The van der Waals surface area contributed by atoms with Gasteiger partial charge in [-0.05, 0) is 24.3 Å². The predicted octanol–water partition coefficient (Wildman–Crippen LogP) is 0.953. The zero-order valence-electron chi connectivity index (χ0n) is 13.1. The molecule has 0 fully saturated rings. The molecule has 0 unspecified atom stereocenters. The second kappa shape index (κ2) is 6.62. The number of para-hydroxylation sites is 1. The van der Waals surface area contributed by atoms with Gasteiger partial charge in [-0.15, -0.1) is 0 Å². The van der Waals surface area contributed by atoms with Crippen molar-refractivity contribution in [3.63, 3.8) is 0 Å². The van der Waals surface area contributed by atoms with Crippen LogP contribution in [0.25, 0.3) is 22.3 Å². The average Bonchev–Trinajstić information content (AvgIpc) is 2.51. The van der Waals surface area contributed by atoms with Crippen LogP contribution in [-0.4, -0.2) is 35.9 Å². The van der Waals surface area contributed by atoms with Gasteiger partial charge >= 0.3 is 20.8 Å². The van der Waals surface area contributed by atoms with Crippen LogP contribution < -0.4 is 13.9 Å². The summed E-state index contributed by atoms with van der Waals surface area (Å²) in [6.07, 6.45) is 0. The lowest BCUT2D eigenvalue weighted by Crippen LogP contribution is -2.11. The first-order chi connectivity index (χ1) is 12.5. The van der Waals surface area contributed by atoms with E-state index >= 15 is 0 Å². The van der Waals surface area contributed by atoms with Gasteiger partial charge in [0.05, 0.1) is 10.9 Å². The summed E-state index contributed by atoms with van der Waals surface area (Å²) in [6, 6.07) is 9.26. The highest BCUT2D eigenvalue weighted by molar-refractivity contribution is 7.81. The Labute approximate surface area is 152 Å². The maximum absolute atomic E-state index is 12.2. The monoisotopic (exact) mass is 414 g/mol. The second-order valence-electron chi connectivity index (χ2n) is 5.15. The minimum absolute atomic E-state index is 0.0161. The standard InChI is InChI=1S/C14H10N2O9S2/c17-14-11-3-1-2-4-12(11)15-13(16-14)8-5-9(24-26(18,19)20)7-10(6-8)25-27(21,22)23/h1-7H,(H,15,16,17)(H,18,19,20)(H,21,22,23). The molecule has 0 amide bonds. The lowest BCUT2D eigenvalue weighted by atomic mass is 10.1. The molecule has 0 atom stereocenters. The molecule has 1 heterocycles. The average molecular weight is 414 g/mol. The Morgan fingerprint density at radius 2 is 1.44 bits per heavy atom. The van der Waals surface area contributed by atoms with Crippen molar-refractivity contribution in [2.75, 3.05) is 0 Å². The summed E-state index contributed by atoms with van der Waals surface area (Å²) in [5.41, 5.74) is -0.207. The molecule has 0 bridgehead atoms. The van der Waals surface area contributed by atoms with E-state index in [9.17, 15) is 21.6 Å². The van der Waals surface area contributed by atoms with Gasteiger partial charge in [0.25, 0.3) is 5.56 Å². The van der Waals surface area contributed by atoms with Crippen LogP contribution in [0.5, 0.6) is 11.5 Å². The summed E-state index contributed by atoms with van der Waals surface area (Å²) >= 11 is 0. The zero-order valence-corrected chi connectivity index (χ0v) is 14.7. The minimum Gasteiger partial charge on any atom is -0.362 e. The van der Waals surface area contributed by atoms with E-state index in [4.69, 9.17) is 9.11 Å². The highest BCUT2D eigenvalue weighted by atomic mass is 32.3. The molecule has 2 aromatic carbocycles. The molecule has 142 valence electrons. The lowest BCUT2D eigenvalue weighted by molar-refractivity contribution is 0.382. The number of aromatic nitrogens is 2. The maximum atomic E-state index is 12.2. The van der Waals surface area contributed by atoms with Crippen LogP contribution in [-0.2, 0) is 20.8 Å². The van der Waals surface area contributed by atoms with Crippen molar-refractivity contribution in [3.05, 3.63) is 52.8 Å². The number of aromatic amines is 1. The van der Waals surface area contributed by atoms with E-state index < -0.39 is 37.9 Å². The Bertz CT molecular complexity index is 1250. The van der Waals surface area contributed by atoms with Crippen LogP contribution in [0.2, 0.25) is 0 Å². The van der Waals surface area contributed by atoms with Crippen molar-refractivity contribution in [2.24, 2.45) is 0 Å². The summed E-state index contributed by atoms with van der Waals surface area (Å²) in [6.45, 7) is 0. The molecule has 0 saturated carbocycles. The largest absolute Gasteiger partial charge is 0.446 e. The van der Waals surface area contributed by atoms with E-state index in [1.807, 2.05) is 0 Å². The molecular weight excluding hydrogens is 404 g/mol. The fourth-order valence-corrected chi connectivity index (χ4v) is 2.95. The molecule has 3 rings (SSSR count). The van der Waals surface area contributed by atoms with Crippen LogP contribution in [0.4, 0.5) is 0 Å². The Balaban J connectivity index is 2.20. The van der Waals surface area contributed by atoms with Gasteiger partial charge in [0.1, 0.15) is 17.3 Å². The van der Waals surface area contributed by atoms with Crippen LogP contribution >= 0.6 is 0 Å². The highest BCUT2D eigenvalue weighted by Gasteiger charge is 2.16. The first-order valence-corrected chi connectivity index (χ1v) is 9.71. The molecule has 27 heavy (non-hydrogen) atoms. The smallest absolute Gasteiger partial charge is 0.362 e. The fourth-order valence-electron chi connectivity index (χ4n) is 2.27. The second-order valence-corrected chi connectivity index (χ2v) is 7.19. The number of nitrogens with zero attached hydrogens (tertiary/aromatic N) is 1. The minimum atomic E-state index is -4.94. The predicted molar refractivity (Wildman–Crippen MR) is 92.2 cm³/mol. The Morgan fingerprint density at radius 1 is 0.889 bits per heavy atom. The summed E-state index contributed by atoms with van der Waals surface area (Å²) in [5, 5.41) is 0.293. The SMILES string of the molecule is O=c1[nH]c(-c2cc(OS(=O)(=O)O)cc(OS(=O)(=O)O)c2)nc2ccccc12. The molecule has 1 aromatic heterocycles. The van der Waals surface area contributed by atoms with Gasteiger partial charge in [0, 0.05) is 11.6 Å². The molecule has 0 aliphatic heterocycles. The topological polar surface area (TPSA) is 173 Å². The molecule has 0 spiro atoms. The number of fused-ring (bicyclic) bond motifs is 1. The van der Waals surface area contributed by atoms with Crippen molar-refractivity contribution in [2.45, 2.75) is 0 Å².